The third-order valence-corrected chi connectivity index (χ3v) is 2.04. The predicted molar refractivity (Wildman–Crippen MR) is 45.5 cm³/mol. The van der Waals surface area contributed by atoms with E-state index < -0.39 is 6.29 Å². The van der Waals surface area contributed by atoms with Crippen LogP contribution < -0.4 is 0 Å². The van der Waals surface area contributed by atoms with Crippen LogP contribution in [0, 0.1) is 12.7 Å². The second-order valence-electron chi connectivity index (χ2n) is 3.20. The molecule has 0 atom stereocenters. The Morgan fingerprint density at radius 1 is 1.31 bits per heavy atom. The van der Waals surface area contributed by atoms with Crippen molar-refractivity contribution in [3.05, 3.63) is 35.1 Å². The van der Waals surface area contributed by atoms with Gasteiger partial charge in [-0.15, -0.1) is 0 Å². The van der Waals surface area contributed by atoms with Crippen LogP contribution in [0.1, 0.15) is 24.3 Å². The maximum Gasteiger partial charge on any atom is 0.192 e. The summed E-state index contributed by atoms with van der Waals surface area (Å²) in [4.78, 5) is 0. The zero-order valence-corrected chi connectivity index (χ0v) is 7.58. The van der Waals surface area contributed by atoms with E-state index in [4.69, 9.17) is 9.47 Å². The Balaban J connectivity index is 2.21. The zero-order chi connectivity index (χ0) is 9.42. The highest BCUT2D eigenvalue weighted by Gasteiger charge is 2.30. The second kappa shape index (κ2) is 3.09. The fourth-order valence-electron chi connectivity index (χ4n) is 1.33. The summed E-state index contributed by atoms with van der Waals surface area (Å²) >= 11 is 0. The summed E-state index contributed by atoms with van der Waals surface area (Å²) in [6.45, 7) is 3.63. The van der Waals surface area contributed by atoms with Crippen LogP contribution in [0.2, 0.25) is 0 Å². The first-order chi connectivity index (χ1) is 6.16. The third-order valence-electron chi connectivity index (χ3n) is 2.04. The molecular weight excluding hydrogens is 171 g/mol. The molecule has 1 aliphatic heterocycles. The van der Waals surface area contributed by atoms with Crippen molar-refractivity contribution in [2.45, 2.75) is 26.4 Å². The van der Waals surface area contributed by atoms with Crippen molar-refractivity contribution in [1.82, 2.24) is 0 Å². The molecule has 1 aromatic carbocycles. The average molecular weight is 182 g/mol. The summed E-state index contributed by atoms with van der Waals surface area (Å²) in [5.41, 5.74) is 1.37. The van der Waals surface area contributed by atoms with E-state index in [2.05, 4.69) is 0 Å². The highest BCUT2D eigenvalue weighted by molar-refractivity contribution is 5.24. The molecule has 13 heavy (non-hydrogen) atoms. The lowest BCUT2D eigenvalue weighted by Crippen LogP contribution is -2.32. The summed E-state index contributed by atoms with van der Waals surface area (Å²) in [7, 11) is 0. The fraction of sp³-hybridized carbons (Fsp3) is 0.400. The van der Waals surface area contributed by atoms with Gasteiger partial charge in [-0.2, -0.15) is 0 Å². The molecule has 1 aliphatic rings. The van der Waals surface area contributed by atoms with Gasteiger partial charge in [-0.1, -0.05) is 12.1 Å². The molecule has 1 aromatic rings. The molecule has 0 aliphatic carbocycles. The Labute approximate surface area is 76.3 Å². The highest BCUT2D eigenvalue weighted by atomic mass is 19.1. The number of hydrogen-bond acceptors (Lipinski definition) is 2. The van der Waals surface area contributed by atoms with Gasteiger partial charge in [0.2, 0.25) is 0 Å². The van der Waals surface area contributed by atoms with E-state index in [1.807, 2.05) is 13.0 Å². The van der Waals surface area contributed by atoms with Crippen LogP contribution in [0.5, 0.6) is 0 Å². The summed E-state index contributed by atoms with van der Waals surface area (Å²) in [6.07, 6.45) is -0.735. The average Bonchev–Trinajstić information content (AvgIpc) is 2.00. The van der Waals surface area contributed by atoms with Crippen LogP contribution in [-0.2, 0) is 9.47 Å². The number of halogens is 1. The molecule has 70 valence electrons. The van der Waals surface area contributed by atoms with Gasteiger partial charge in [-0.3, -0.25) is 0 Å². The number of benzene rings is 1. The maximum absolute atomic E-state index is 13.3. The molecular formula is C10H11FO2. The first-order valence-electron chi connectivity index (χ1n) is 4.24. The summed E-state index contributed by atoms with van der Waals surface area (Å²) in [6, 6.07) is 5.01. The molecule has 0 radical (unpaired) electrons. The summed E-state index contributed by atoms with van der Waals surface area (Å²) in [5, 5.41) is 0. The Kier molecular flexibility index (Phi) is 2.06. The van der Waals surface area contributed by atoms with Gasteiger partial charge in [0, 0.05) is 5.56 Å². The molecule has 1 saturated heterocycles. The molecule has 1 heterocycles. The van der Waals surface area contributed by atoms with Gasteiger partial charge in [0.15, 0.2) is 12.6 Å². The lowest BCUT2D eigenvalue weighted by molar-refractivity contribution is -0.383. The van der Waals surface area contributed by atoms with Crippen LogP contribution >= 0.6 is 0 Å². The predicted octanol–water partition coefficient (Wildman–Crippen LogP) is 2.53. The van der Waals surface area contributed by atoms with Crippen molar-refractivity contribution in [3.63, 3.8) is 0 Å². The van der Waals surface area contributed by atoms with Crippen molar-refractivity contribution in [2.75, 3.05) is 0 Å². The standard InChI is InChI=1S/C10H11FO2/c1-6-3-4-8(9(11)5-6)10-12-7(2)13-10/h3-5,7,10H,1-2H3. The van der Waals surface area contributed by atoms with Crippen molar-refractivity contribution in [3.8, 4) is 0 Å². The lowest BCUT2D eigenvalue weighted by atomic mass is 10.1. The normalized spacial score (nSPS) is 27.0. The Bertz CT molecular complexity index is 319. The fourth-order valence-corrected chi connectivity index (χ4v) is 1.33. The number of hydrogen-bond donors (Lipinski definition) is 0. The molecule has 0 amide bonds. The largest absolute Gasteiger partial charge is 0.319 e. The van der Waals surface area contributed by atoms with E-state index in [-0.39, 0.29) is 12.1 Å². The van der Waals surface area contributed by atoms with Crippen LogP contribution in [0.3, 0.4) is 0 Å². The van der Waals surface area contributed by atoms with Gasteiger partial charge in [-0.25, -0.2) is 4.39 Å². The van der Waals surface area contributed by atoms with E-state index >= 15 is 0 Å². The molecule has 0 unspecified atom stereocenters. The van der Waals surface area contributed by atoms with Crippen LogP contribution in [0.4, 0.5) is 4.39 Å². The Hall–Kier alpha value is -0.930. The number of rotatable bonds is 1. The SMILES string of the molecule is Cc1ccc(C2OC(C)O2)c(F)c1. The van der Waals surface area contributed by atoms with Crippen molar-refractivity contribution in [1.29, 1.82) is 0 Å². The minimum atomic E-state index is -0.518. The third kappa shape index (κ3) is 1.57. The van der Waals surface area contributed by atoms with Gasteiger partial charge < -0.3 is 9.47 Å². The molecule has 0 saturated carbocycles. The van der Waals surface area contributed by atoms with Crippen molar-refractivity contribution < 1.29 is 13.9 Å². The van der Waals surface area contributed by atoms with Gasteiger partial charge in [0.25, 0.3) is 0 Å². The molecule has 0 aromatic heterocycles. The monoisotopic (exact) mass is 182 g/mol. The van der Waals surface area contributed by atoms with Gasteiger partial charge >= 0.3 is 0 Å². The first-order valence-corrected chi connectivity index (χ1v) is 4.24. The Morgan fingerprint density at radius 2 is 2.00 bits per heavy atom. The minimum Gasteiger partial charge on any atom is -0.319 e. The molecule has 2 rings (SSSR count). The number of ether oxygens (including phenoxy) is 2. The second-order valence-corrected chi connectivity index (χ2v) is 3.20. The maximum atomic E-state index is 13.3. The molecule has 2 nitrogen and oxygen atoms in total. The highest BCUT2D eigenvalue weighted by Crippen LogP contribution is 2.32. The van der Waals surface area contributed by atoms with Crippen LogP contribution in [-0.4, -0.2) is 6.29 Å². The van der Waals surface area contributed by atoms with Crippen LogP contribution in [0.25, 0.3) is 0 Å². The van der Waals surface area contributed by atoms with E-state index in [1.165, 1.54) is 6.07 Å². The topological polar surface area (TPSA) is 18.5 Å². The van der Waals surface area contributed by atoms with Gasteiger partial charge in [0.05, 0.1) is 0 Å². The van der Waals surface area contributed by atoms with Gasteiger partial charge in [-0.05, 0) is 25.5 Å². The summed E-state index contributed by atoms with van der Waals surface area (Å²) in [5.74, 6) is -0.267. The van der Waals surface area contributed by atoms with Crippen LogP contribution in [0.15, 0.2) is 18.2 Å². The quantitative estimate of drug-likeness (QED) is 0.664. The molecule has 0 N–H and O–H groups in total. The zero-order valence-electron chi connectivity index (χ0n) is 7.58. The minimum absolute atomic E-state index is 0.217. The smallest absolute Gasteiger partial charge is 0.192 e. The van der Waals surface area contributed by atoms with Crippen molar-refractivity contribution >= 4 is 0 Å². The molecule has 3 heteroatoms. The molecule has 1 fully saturated rings. The van der Waals surface area contributed by atoms with Gasteiger partial charge in [0.1, 0.15) is 5.82 Å². The summed E-state index contributed by atoms with van der Waals surface area (Å²) < 4.78 is 23.7. The Morgan fingerprint density at radius 3 is 2.54 bits per heavy atom. The van der Waals surface area contributed by atoms with E-state index in [0.717, 1.165) is 5.56 Å². The number of aryl methyl sites for hydroxylation is 1. The van der Waals surface area contributed by atoms with E-state index in [1.54, 1.807) is 13.0 Å². The molecule has 0 bridgehead atoms. The van der Waals surface area contributed by atoms with E-state index in [9.17, 15) is 4.39 Å². The van der Waals surface area contributed by atoms with E-state index in [0.29, 0.717) is 5.56 Å². The first kappa shape index (κ1) is 8.66. The lowest BCUT2D eigenvalue weighted by Gasteiger charge is -2.34. The molecule has 0 spiro atoms. The van der Waals surface area contributed by atoms with Crippen molar-refractivity contribution in [2.24, 2.45) is 0 Å².